The molecule has 0 rings (SSSR count). The Morgan fingerprint density at radius 1 is 1.19 bits per heavy atom. The van der Waals surface area contributed by atoms with Crippen molar-refractivity contribution >= 4 is 41.0 Å². The maximum Gasteiger partial charge on any atom is 0.0422 e. The SMILES string of the molecule is CCC[CH2][Bi+][CH2]CCC.CSCCC(=O)[O-]. The van der Waals surface area contributed by atoms with E-state index in [2.05, 4.69) is 13.8 Å². The minimum Gasteiger partial charge on any atom is -0.550 e. The fourth-order valence-electron chi connectivity index (χ4n) is 0.837. The van der Waals surface area contributed by atoms with Gasteiger partial charge in [-0.2, -0.15) is 11.8 Å². The minimum atomic E-state index is -0.964. The third kappa shape index (κ3) is 24.1. The van der Waals surface area contributed by atoms with Crippen molar-refractivity contribution in [2.45, 2.75) is 54.2 Å². The number of carboxylic acid groups (broad SMARTS) is 1. The summed E-state index contributed by atoms with van der Waals surface area (Å²) < 4.78 is 3.27. The number of carbonyl (C=O) groups is 1. The van der Waals surface area contributed by atoms with Gasteiger partial charge in [-0.1, -0.05) is 0 Å². The number of thioether (sulfide) groups is 1. The van der Waals surface area contributed by atoms with Gasteiger partial charge in [-0.05, 0) is 18.4 Å². The first-order valence-corrected chi connectivity index (χ1v) is 12.3. The fourth-order valence-corrected chi connectivity index (χ4v) is 6.27. The third-order valence-electron chi connectivity index (χ3n) is 1.85. The van der Waals surface area contributed by atoms with Crippen LogP contribution in [-0.2, 0) is 4.79 Å². The van der Waals surface area contributed by atoms with Crippen LogP contribution in [0.25, 0.3) is 0 Å². The Morgan fingerprint density at radius 3 is 1.94 bits per heavy atom. The Kier molecular flexibility index (Phi) is 21.5. The summed E-state index contributed by atoms with van der Waals surface area (Å²) in [6.45, 7) is 4.59. The summed E-state index contributed by atoms with van der Waals surface area (Å²) in [5, 5.41) is 9.63. The number of carboxylic acids is 1. The van der Waals surface area contributed by atoms with E-state index in [0.717, 1.165) is 0 Å². The topological polar surface area (TPSA) is 40.1 Å². The van der Waals surface area contributed by atoms with Crippen LogP contribution in [0, 0.1) is 0 Å². The zero-order chi connectivity index (χ0) is 12.6. The molecule has 0 fully saturated rings. The van der Waals surface area contributed by atoms with Crippen molar-refractivity contribution in [2.75, 3.05) is 12.0 Å². The molecule has 16 heavy (non-hydrogen) atoms. The Balaban J connectivity index is 0. The van der Waals surface area contributed by atoms with E-state index in [4.69, 9.17) is 0 Å². The van der Waals surface area contributed by atoms with E-state index in [0.29, 0.717) is 5.75 Å². The van der Waals surface area contributed by atoms with Gasteiger partial charge in [-0.15, -0.1) is 0 Å². The van der Waals surface area contributed by atoms with Crippen molar-refractivity contribution in [2.24, 2.45) is 0 Å². The van der Waals surface area contributed by atoms with Crippen LogP contribution in [-0.4, -0.2) is 41.2 Å². The van der Waals surface area contributed by atoms with Crippen LogP contribution in [0.1, 0.15) is 46.0 Å². The van der Waals surface area contributed by atoms with E-state index in [1.807, 2.05) is 6.26 Å². The Labute approximate surface area is 117 Å². The summed E-state index contributed by atoms with van der Waals surface area (Å²) in [4.78, 5) is 9.63. The standard InChI is InChI=1S/C4H8O2S.2C4H9.Bi/c1-7-3-2-4(5)6;2*1-3-4-2;/h2-3H2,1H3,(H,5,6);2*1,3-4H2,2H3;/q;;;+1/p-1. The monoisotopic (exact) mass is 442 g/mol. The molecule has 4 heteroatoms. The molecule has 0 aromatic carbocycles. The normalized spacial score (nSPS) is 9.44. The molecule has 0 atom stereocenters. The second kappa shape index (κ2) is 18.1. The number of rotatable bonds is 9. The molecule has 0 spiro atoms. The predicted octanol–water partition coefficient (Wildman–Crippen LogP) is 2.62. The molecule has 0 N–H and O–H groups in total. The van der Waals surface area contributed by atoms with Gasteiger partial charge in [0.05, 0.1) is 0 Å². The van der Waals surface area contributed by atoms with Gasteiger partial charge in [0.15, 0.2) is 0 Å². The molecule has 0 saturated carbocycles. The van der Waals surface area contributed by atoms with Crippen molar-refractivity contribution in [3.63, 3.8) is 0 Å². The summed E-state index contributed by atoms with van der Waals surface area (Å²) in [5.74, 6) is -0.308. The second-order valence-corrected chi connectivity index (χ2v) is 9.69. The van der Waals surface area contributed by atoms with E-state index in [1.165, 1.54) is 37.4 Å². The Hall–Kier alpha value is 0.703. The number of unbranched alkanes of at least 4 members (excludes halogenated alkanes) is 2. The quantitative estimate of drug-likeness (QED) is 0.407. The molecule has 0 aromatic rings. The van der Waals surface area contributed by atoms with Crippen LogP contribution in [0.3, 0.4) is 0 Å². The summed E-state index contributed by atoms with van der Waals surface area (Å²) in [5.41, 5.74) is 0. The van der Waals surface area contributed by atoms with Crippen molar-refractivity contribution in [3.05, 3.63) is 0 Å². The van der Waals surface area contributed by atoms with Crippen LogP contribution < -0.4 is 5.11 Å². The average molecular weight is 442 g/mol. The molecule has 0 saturated heterocycles. The van der Waals surface area contributed by atoms with Gasteiger partial charge in [0.1, 0.15) is 0 Å². The smallest absolute Gasteiger partial charge is 0.0422 e. The van der Waals surface area contributed by atoms with Crippen molar-refractivity contribution in [1.29, 1.82) is 0 Å². The first kappa shape index (κ1) is 19.1. The molecular weight excluding hydrogens is 417 g/mol. The van der Waals surface area contributed by atoms with E-state index < -0.39 is 5.97 Å². The van der Waals surface area contributed by atoms with E-state index in [-0.39, 0.29) is 29.7 Å². The first-order valence-electron chi connectivity index (χ1n) is 6.01. The first-order chi connectivity index (χ1) is 7.68. The third-order valence-corrected chi connectivity index (χ3v) is 7.38. The molecule has 0 unspecified atom stereocenters. The molecule has 96 valence electrons. The van der Waals surface area contributed by atoms with Crippen molar-refractivity contribution in [1.82, 2.24) is 0 Å². The summed E-state index contributed by atoms with van der Waals surface area (Å²) in [6.07, 6.45) is 7.89. The fraction of sp³-hybridized carbons (Fsp3) is 0.917. The number of aliphatic carboxylic acids is 1. The van der Waals surface area contributed by atoms with Gasteiger partial charge in [0.25, 0.3) is 0 Å². The predicted molar refractivity (Wildman–Crippen MR) is 73.2 cm³/mol. The second-order valence-electron chi connectivity index (χ2n) is 3.49. The Morgan fingerprint density at radius 2 is 1.69 bits per heavy atom. The van der Waals surface area contributed by atoms with Gasteiger partial charge < -0.3 is 9.90 Å². The van der Waals surface area contributed by atoms with Crippen LogP contribution in [0.4, 0.5) is 0 Å². The molecule has 2 radical (unpaired) electrons. The van der Waals surface area contributed by atoms with Gasteiger partial charge in [0.2, 0.25) is 0 Å². The maximum absolute atomic E-state index is 9.63. The molecule has 0 aliphatic rings. The van der Waals surface area contributed by atoms with Gasteiger partial charge >= 0.3 is 71.0 Å². The molecule has 0 aliphatic carbocycles. The van der Waals surface area contributed by atoms with Crippen molar-refractivity contribution < 1.29 is 9.90 Å². The molecule has 0 heterocycles. The van der Waals surface area contributed by atoms with Crippen LogP contribution in [0.15, 0.2) is 0 Å². The number of hydrogen-bond donors (Lipinski definition) is 0. The number of carbonyl (C=O) groups excluding carboxylic acids is 1. The molecular formula is C12H25BiO2S. The molecule has 0 aliphatic heterocycles. The molecule has 0 amide bonds. The van der Waals surface area contributed by atoms with Gasteiger partial charge in [-0.25, -0.2) is 0 Å². The van der Waals surface area contributed by atoms with E-state index in [9.17, 15) is 9.90 Å². The largest absolute Gasteiger partial charge is 0.550 e. The minimum absolute atomic E-state index is 0.0681. The zero-order valence-electron chi connectivity index (χ0n) is 10.8. The zero-order valence-corrected chi connectivity index (χ0v) is 15.1. The summed E-state index contributed by atoms with van der Waals surface area (Å²) >= 11 is 1.58. The van der Waals surface area contributed by atoms with Crippen LogP contribution in [0.2, 0.25) is 8.26 Å². The maximum atomic E-state index is 9.63. The van der Waals surface area contributed by atoms with Gasteiger partial charge in [0, 0.05) is 5.97 Å². The average Bonchev–Trinajstić information content (AvgIpc) is 2.27. The van der Waals surface area contributed by atoms with Crippen LogP contribution >= 0.6 is 11.8 Å². The van der Waals surface area contributed by atoms with Crippen LogP contribution in [0.5, 0.6) is 0 Å². The molecule has 0 aromatic heterocycles. The summed E-state index contributed by atoms with van der Waals surface area (Å²) in [7, 11) is 0. The Bertz CT molecular complexity index is 137. The molecule has 0 bridgehead atoms. The molecule has 2 nitrogen and oxygen atoms in total. The van der Waals surface area contributed by atoms with Crippen molar-refractivity contribution in [3.8, 4) is 0 Å². The van der Waals surface area contributed by atoms with Gasteiger partial charge in [-0.3, -0.25) is 0 Å². The van der Waals surface area contributed by atoms with E-state index in [1.54, 1.807) is 8.26 Å². The summed E-state index contributed by atoms with van der Waals surface area (Å²) in [6, 6.07) is 0. The number of hydrogen-bond acceptors (Lipinski definition) is 3. The van der Waals surface area contributed by atoms with E-state index >= 15 is 0 Å².